The Balaban J connectivity index is 1.88. The molecule has 1 atom stereocenters. The smallest absolute Gasteiger partial charge is 0.274 e. The summed E-state index contributed by atoms with van der Waals surface area (Å²) in [5.41, 5.74) is 0.767. The SMILES string of the molecule is COc1cccc([C@H](C)NC(=O)c2cc(=O)nc3sccn23)c1. The highest BCUT2D eigenvalue weighted by molar-refractivity contribution is 7.15. The van der Waals surface area contributed by atoms with E-state index in [1.165, 1.54) is 17.4 Å². The number of methoxy groups -OCH3 is 1. The van der Waals surface area contributed by atoms with E-state index in [9.17, 15) is 9.59 Å². The number of hydrogen-bond acceptors (Lipinski definition) is 5. The van der Waals surface area contributed by atoms with Crippen LogP contribution >= 0.6 is 11.3 Å². The first-order valence-electron chi connectivity index (χ1n) is 7.00. The Morgan fingerprint density at radius 3 is 3.00 bits per heavy atom. The monoisotopic (exact) mass is 329 g/mol. The summed E-state index contributed by atoms with van der Waals surface area (Å²) in [6, 6.07) is 8.50. The number of hydrogen-bond donors (Lipinski definition) is 1. The molecule has 2 aromatic heterocycles. The maximum atomic E-state index is 12.5. The number of fused-ring (bicyclic) bond motifs is 1. The van der Waals surface area contributed by atoms with Gasteiger partial charge < -0.3 is 10.1 Å². The first-order valence-corrected chi connectivity index (χ1v) is 7.88. The largest absolute Gasteiger partial charge is 0.497 e. The number of thiazole rings is 1. The van der Waals surface area contributed by atoms with Crippen LogP contribution in [0, 0.1) is 0 Å². The van der Waals surface area contributed by atoms with Gasteiger partial charge in [0.25, 0.3) is 11.5 Å². The zero-order valence-corrected chi connectivity index (χ0v) is 13.5. The van der Waals surface area contributed by atoms with E-state index in [1.807, 2.05) is 31.2 Å². The molecule has 118 valence electrons. The third-order valence-corrected chi connectivity index (χ3v) is 4.25. The molecule has 2 heterocycles. The average Bonchev–Trinajstić information content (AvgIpc) is 3.02. The molecule has 0 aliphatic carbocycles. The van der Waals surface area contributed by atoms with Gasteiger partial charge in [0.05, 0.1) is 13.2 Å². The number of nitrogens with zero attached hydrogens (tertiary/aromatic N) is 2. The molecule has 3 rings (SSSR count). The average molecular weight is 329 g/mol. The number of ether oxygens (including phenoxy) is 1. The number of nitrogens with one attached hydrogen (secondary N) is 1. The third-order valence-electron chi connectivity index (χ3n) is 3.49. The fourth-order valence-electron chi connectivity index (χ4n) is 2.29. The van der Waals surface area contributed by atoms with Crippen molar-refractivity contribution in [2.45, 2.75) is 13.0 Å². The Bertz CT molecular complexity index is 916. The summed E-state index contributed by atoms with van der Waals surface area (Å²) >= 11 is 1.31. The van der Waals surface area contributed by atoms with Gasteiger partial charge in [-0.25, -0.2) is 0 Å². The van der Waals surface area contributed by atoms with E-state index in [0.717, 1.165) is 11.3 Å². The molecule has 7 heteroatoms. The van der Waals surface area contributed by atoms with Crippen molar-refractivity contribution in [3.63, 3.8) is 0 Å². The van der Waals surface area contributed by atoms with Gasteiger partial charge in [-0.15, -0.1) is 11.3 Å². The minimum Gasteiger partial charge on any atom is -0.497 e. The second-order valence-electron chi connectivity index (χ2n) is 5.01. The molecule has 1 N–H and O–H groups in total. The highest BCUT2D eigenvalue weighted by Gasteiger charge is 2.16. The van der Waals surface area contributed by atoms with E-state index in [-0.39, 0.29) is 17.6 Å². The fraction of sp³-hybridized carbons (Fsp3) is 0.188. The highest BCUT2D eigenvalue weighted by Crippen LogP contribution is 2.19. The molecule has 0 unspecified atom stereocenters. The van der Waals surface area contributed by atoms with Crippen molar-refractivity contribution in [3.8, 4) is 5.75 Å². The number of carbonyl (C=O) groups excluding carboxylic acids is 1. The molecular weight excluding hydrogens is 314 g/mol. The summed E-state index contributed by atoms with van der Waals surface area (Å²) in [5, 5.41) is 4.68. The van der Waals surface area contributed by atoms with Crippen LogP contribution in [-0.4, -0.2) is 22.4 Å². The summed E-state index contributed by atoms with van der Waals surface area (Å²) in [6.45, 7) is 1.88. The number of benzene rings is 1. The highest BCUT2D eigenvalue weighted by atomic mass is 32.1. The molecular formula is C16H15N3O3S. The maximum Gasteiger partial charge on any atom is 0.274 e. The van der Waals surface area contributed by atoms with Gasteiger partial charge in [-0.05, 0) is 24.6 Å². The van der Waals surface area contributed by atoms with Crippen LogP contribution in [0.2, 0.25) is 0 Å². The van der Waals surface area contributed by atoms with Crippen LogP contribution in [0.15, 0.2) is 46.7 Å². The van der Waals surface area contributed by atoms with Gasteiger partial charge in [-0.1, -0.05) is 12.1 Å². The van der Waals surface area contributed by atoms with Gasteiger partial charge in [-0.3, -0.25) is 14.0 Å². The molecule has 0 bridgehead atoms. The van der Waals surface area contributed by atoms with Crippen molar-refractivity contribution < 1.29 is 9.53 Å². The van der Waals surface area contributed by atoms with Gasteiger partial charge >= 0.3 is 0 Å². The van der Waals surface area contributed by atoms with Crippen molar-refractivity contribution in [3.05, 3.63) is 63.5 Å². The zero-order valence-electron chi connectivity index (χ0n) is 12.6. The molecule has 0 fully saturated rings. The van der Waals surface area contributed by atoms with Crippen LogP contribution in [0.25, 0.3) is 4.96 Å². The third kappa shape index (κ3) is 3.09. The number of rotatable bonds is 4. The predicted octanol–water partition coefficient (Wildman–Crippen LogP) is 2.26. The first-order chi connectivity index (χ1) is 11.1. The van der Waals surface area contributed by atoms with E-state index >= 15 is 0 Å². The lowest BCUT2D eigenvalue weighted by Gasteiger charge is -2.15. The zero-order chi connectivity index (χ0) is 16.4. The molecule has 0 saturated heterocycles. The number of amides is 1. The van der Waals surface area contributed by atoms with E-state index in [2.05, 4.69) is 10.3 Å². The van der Waals surface area contributed by atoms with Gasteiger partial charge in [-0.2, -0.15) is 4.98 Å². The summed E-state index contributed by atoms with van der Waals surface area (Å²) < 4.78 is 6.80. The lowest BCUT2D eigenvalue weighted by molar-refractivity contribution is 0.0933. The predicted molar refractivity (Wildman–Crippen MR) is 88.2 cm³/mol. The van der Waals surface area contributed by atoms with Crippen molar-refractivity contribution in [2.24, 2.45) is 0 Å². The molecule has 0 spiro atoms. The van der Waals surface area contributed by atoms with Crippen LogP contribution in [0.5, 0.6) is 5.75 Å². The molecule has 0 radical (unpaired) electrons. The Labute approximate surface area is 136 Å². The Morgan fingerprint density at radius 2 is 2.22 bits per heavy atom. The molecule has 1 amide bonds. The second-order valence-corrected chi connectivity index (χ2v) is 5.88. The number of aromatic nitrogens is 2. The molecule has 0 aliphatic heterocycles. The first kappa shape index (κ1) is 15.2. The summed E-state index contributed by atoms with van der Waals surface area (Å²) in [4.78, 5) is 28.5. The van der Waals surface area contributed by atoms with Crippen LogP contribution in [0.4, 0.5) is 0 Å². The van der Waals surface area contributed by atoms with Gasteiger partial charge in [0.1, 0.15) is 11.4 Å². The van der Waals surface area contributed by atoms with Crippen molar-refractivity contribution in [1.29, 1.82) is 0 Å². The minimum atomic E-state index is -0.424. The van der Waals surface area contributed by atoms with Crippen LogP contribution in [0.3, 0.4) is 0 Å². The topological polar surface area (TPSA) is 72.7 Å². The van der Waals surface area contributed by atoms with Crippen molar-refractivity contribution >= 4 is 22.2 Å². The fourth-order valence-corrected chi connectivity index (χ4v) is 3.01. The maximum absolute atomic E-state index is 12.5. The molecule has 0 aliphatic rings. The van der Waals surface area contributed by atoms with E-state index < -0.39 is 5.56 Å². The van der Waals surface area contributed by atoms with Gasteiger partial charge in [0, 0.05) is 17.6 Å². The van der Waals surface area contributed by atoms with Crippen LogP contribution in [0.1, 0.15) is 29.0 Å². The molecule has 0 saturated carbocycles. The van der Waals surface area contributed by atoms with Gasteiger partial charge in [0.15, 0.2) is 4.96 Å². The molecule has 1 aromatic carbocycles. The second kappa shape index (κ2) is 6.21. The quantitative estimate of drug-likeness (QED) is 0.797. The standard InChI is InChI=1S/C16H15N3O3S/c1-10(11-4-3-5-12(8-11)22-2)17-15(21)13-9-14(20)18-16-19(13)6-7-23-16/h3-10H,1-2H3,(H,17,21)/t10-/m0/s1. The summed E-state index contributed by atoms with van der Waals surface area (Å²) in [5.74, 6) is 0.400. The van der Waals surface area contributed by atoms with Crippen molar-refractivity contribution in [2.75, 3.05) is 7.11 Å². The van der Waals surface area contributed by atoms with Gasteiger partial charge in [0.2, 0.25) is 0 Å². The molecule has 23 heavy (non-hydrogen) atoms. The molecule has 6 nitrogen and oxygen atoms in total. The Morgan fingerprint density at radius 1 is 1.39 bits per heavy atom. The molecule has 3 aromatic rings. The van der Waals surface area contributed by atoms with E-state index in [0.29, 0.717) is 4.96 Å². The minimum absolute atomic E-state index is 0.227. The van der Waals surface area contributed by atoms with E-state index in [1.54, 1.807) is 23.1 Å². The summed E-state index contributed by atoms with van der Waals surface area (Å²) in [7, 11) is 1.60. The number of carbonyl (C=O) groups is 1. The Kier molecular flexibility index (Phi) is 4.12. The van der Waals surface area contributed by atoms with Crippen LogP contribution < -0.4 is 15.6 Å². The van der Waals surface area contributed by atoms with E-state index in [4.69, 9.17) is 4.74 Å². The normalized spacial score (nSPS) is 12.1. The lowest BCUT2D eigenvalue weighted by Crippen LogP contribution is -2.29. The Hall–Kier alpha value is -2.67. The summed E-state index contributed by atoms with van der Waals surface area (Å²) in [6.07, 6.45) is 1.72. The lowest BCUT2D eigenvalue weighted by atomic mass is 10.1. The van der Waals surface area contributed by atoms with Crippen LogP contribution in [-0.2, 0) is 0 Å². The van der Waals surface area contributed by atoms with Crippen molar-refractivity contribution in [1.82, 2.24) is 14.7 Å².